The minimum atomic E-state index is -1.34. The van der Waals surface area contributed by atoms with Crippen molar-refractivity contribution in [3.63, 3.8) is 0 Å². The van der Waals surface area contributed by atoms with E-state index in [9.17, 15) is 9.59 Å². The lowest BCUT2D eigenvalue weighted by atomic mass is 9.80. The van der Waals surface area contributed by atoms with E-state index in [-0.39, 0.29) is 5.91 Å². The number of anilines is 2. The normalized spacial score (nSPS) is 16.3. The van der Waals surface area contributed by atoms with Crippen LogP contribution in [-0.2, 0) is 21.7 Å². The number of amides is 1. The van der Waals surface area contributed by atoms with Gasteiger partial charge in [0, 0.05) is 66.2 Å². The fourth-order valence-electron chi connectivity index (χ4n) is 6.10. The Bertz CT molecular complexity index is 1550. The van der Waals surface area contributed by atoms with Gasteiger partial charge in [0.05, 0.1) is 11.3 Å². The minimum absolute atomic E-state index is 0.195. The van der Waals surface area contributed by atoms with Gasteiger partial charge in [-0.15, -0.1) is 0 Å². The highest BCUT2D eigenvalue weighted by Crippen LogP contribution is 2.52. The van der Waals surface area contributed by atoms with Gasteiger partial charge in [0.25, 0.3) is 0 Å². The van der Waals surface area contributed by atoms with Crippen molar-refractivity contribution in [3.8, 4) is 0 Å². The number of carbonyl (C=O) groups excluding carboxylic acids is 2. The number of aromatic nitrogens is 2. The van der Waals surface area contributed by atoms with E-state index >= 15 is 0 Å². The second-order valence-electron chi connectivity index (χ2n) is 10.1. The number of para-hydroxylation sites is 1. The molecule has 0 fully saturated rings. The Morgan fingerprint density at radius 2 is 1.79 bits per heavy atom. The van der Waals surface area contributed by atoms with E-state index in [2.05, 4.69) is 60.7 Å². The molecule has 5 rings (SSSR count). The maximum Gasteiger partial charge on any atom is 0.341 e. The molecule has 0 radical (unpaired) electrons. The van der Waals surface area contributed by atoms with E-state index in [1.165, 1.54) is 6.92 Å². The Balaban J connectivity index is 1.87. The SMILES string of the molecule is CCCN(CCC)c1ccc(C2(c3c(C)n(CC)c4ccccc34)OC(=O)c3cccnc32)c(NC(C)=O)c1. The smallest absolute Gasteiger partial charge is 0.341 e. The third kappa shape index (κ3) is 4.26. The van der Waals surface area contributed by atoms with E-state index in [1.807, 2.05) is 24.3 Å². The van der Waals surface area contributed by atoms with Crippen LogP contribution in [0.3, 0.4) is 0 Å². The Kier molecular flexibility index (Phi) is 7.17. The number of hydrogen-bond donors (Lipinski definition) is 1. The van der Waals surface area contributed by atoms with Gasteiger partial charge in [0.2, 0.25) is 11.5 Å². The van der Waals surface area contributed by atoms with Crippen LogP contribution in [-0.4, -0.2) is 34.5 Å². The molecular weight excluding hydrogens is 488 g/mol. The predicted octanol–water partition coefficient (Wildman–Crippen LogP) is 6.41. The van der Waals surface area contributed by atoms with Gasteiger partial charge in [-0.3, -0.25) is 9.78 Å². The molecule has 1 N–H and O–H groups in total. The molecule has 3 heterocycles. The zero-order chi connectivity index (χ0) is 27.7. The lowest BCUT2D eigenvalue weighted by molar-refractivity contribution is -0.114. The summed E-state index contributed by atoms with van der Waals surface area (Å²) in [5.74, 6) is -0.623. The maximum absolute atomic E-state index is 13.5. The zero-order valence-corrected chi connectivity index (χ0v) is 23.4. The standard InChI is InChI=1S/C32H36N4O3/c1-6-18-35(19-7-2)23-15-16-26(27(20-23)34-22(5)37)32(30-25(31(38)39-32)13-11-17-33-30)29-21(4)36(8-3)28-14-10-9-12-24(28)29/h9-17,20H,6-8,18-19H2,1-5H3,(H,34,37). The molecule has 0 bridgehead atoms. The summed E-state index contributed by atoms with van der Waals surface area (Å²) in [6.07, 6.45) is 3.71. The highest BCUT2D eigenvalue weighted by atomic mass is 16.6. The summed E-state index contributed by atoms with van der Waals surface area (Å²) < 4.78 is 8.71. The van der Waals surface area contributed by atoms with Crippen molar-refractivity contribution in [2.45, 2.75) is 59.6 Å². The lowest BCUT2D eigenvalue weighted by Gasteiger charge is -2.33. The van der Waals surface area contributed by atoms with Crippen molar-refractivity contribution in [1.82, 2.24) is 9.55 Å². The third-order valence-electron chi connectivity index (χ3n) is 7.55. The average Bonchev–Trinajstić information content (AvgIpc) is 3.39. The number of hydrogen-bond acceptors (Lipinski definition) is 5. The average molecular weight is 525 g/mol. The number of cyclic esters (lactones) is 1. The fourth-order valence-corrected chi connectivity index (χ4v) is 6.10. The number of rotatable bonds is 9. The van der Waals surface area contributed by atoms with Crippen LogP contribution in [0.2, 0.25) is 0 Å². The molecule has 39 heavy (non-hydrogen) atoms. The van der Waals surface area contributed by atoms with Crippen molar-refractivity contribution < 1.29 is 14.3 Å². The number of pyridine rings is 1. The van der Waals surface area contributed by atoms with Gasteiger partial charge in [0.15, 0.2) is 0 Å². The number of ether oxygens (including phenoxy) is 1. The van der Waals surface area contributed by atoms with Crippen LogP contribution in [0.4, 0.5) is 11.4 Å². The van der Waals surface area contributed by atoms with Crippen LogP contribution in [0, 0.1) is 6.92 Å². The molecule has 202 valence electrons. The molecule has 1 amide bonds. The molecule has 1 unspecified atom stereocenters. The summed E-state index contributed by atoms with van der Waals surface area (Å²) in [6, 6.07) is 17.8. The number of fused-ring (bicyclic) bond motifs is 2. The summed E-state index contributed by atoms with van der Waals surface area (Å²) in [5, 5.41) is 4.05. The number of esters is 1. The third-order valence-corrected chi connectivity index (χ3v) is 7.55. The summed E-state index contributed by atoms with van der Waals surface area (Å²) in [4.78, 5) is 33.1. The van der Waals surface area contributed by atoms with Crippen LogP contribution < -0.4 is 10.2 Å². The van der Waals surface area contributed by atoms with E-state index in [0.717, 1.165) is 60.3 Å². The minimum Gasteiger partial charge on any atom is -0.439 e. The number of nitrogens with zero attached hydrogens (tertiary/aromatic N) is 3. The summed E-state index contributed by atoms with van der Waals surface area (Å²) in [7, 11) is 0. The van der Waals surface area contributed by atoms with E-state index < -0.39 is 11.6 Å². The van der Waals surface area contributed by atoms with E-state index in [4.69, 9.17) is 9.72 Å². The lowest BCUT2D eigenvalue weighted by Crippen LogP contribution is -2.33. The highest BCUT2D eigenvalue weighted by molar-refractivity contribution is 5.99. The van der Waals surface area contributed by atoms with Crippen LogP contribution in [0.1, 0.15) is 73.4 Å². The van der Waals surface area contributed by atoms with E-state index in [1.54, 1.807) is 18.3 Å². The molecule has 0 saturated heterocycles. The van der Waals surface area contributed by atoms with Crippen LogP contribution in [0.15, 0.2) is 60.8 Å². The first-order valence-corrected chi connectivity index (χ1v) is 13.8. The molecule has 0 aliphatic carbocycles. The number of aryl methyl sites for hydroxylation is 1. The van der Waals surface area contributed by atoms with Crippen LogP contribution >= 0.6 is 0 Å². The molecular formula is C32H36N4O3. The van der Waals surface area contributed by atoms with Crippen molar-refractivity contribution in [2.75, 3.05) is 23.3 Å². The highest BCUT2D eigenvalue weighted by Gasteiger charge is 2.53. The van der Waals surface area contributed by atoms with E-state index in [0.29, 0.717) is 22.5 Å². The first kappa shape index (κ1) is 26.5. The van der Waals surface area contributed by atoms with Gasteiger partial charge in [0.1, 0.15) is 5.69 Å². The van der Waals surface area contributed by atoms with Crippen molar-refractivity contribution in [3.05, 3.63) is 88.9 Å². The number of nitrogens with one attached hydrogen (secondary N) is 1. The first-order chi connectivity index (χ1) is 18.9. The summed E-state index contributed by atoms with van der Waals surface area (Å²) >= 11 is 0. The molecule has 1 atom stereocenters. The van der Waals surface area contributed by atoms with Gasteiger partial charge in [-0.1, -0.05) is 38.1 Å². The molecule has 0 saturated carbocycles. The van der Waals surface area contributed by atoms with Gasteiger partial charge >= 0.3 is 5.97 Å². The van der Waals surface area contributed by atoms with Crippen LogP contribution in [0.5, 0.6) is 0 Å². The Labute approximate surface area is 229 Å². The van der Waals surface area contributed by atoms with Gasteiger partial charge < -0.3 is 19.5 Å². The zero-order valence-electron chi connectivity index (χ0n) is 23.4. The predicted molar refractivity (Wildman–Crippen MR) is 155 cm³/mol. The molecule has 1 aliphatic heterocycles. The molecule has 2 aromatic carbocycles. The number of benzene rings is 2. The Morgan fingerprint density at radius 3 is 2.49 bits per heavy atom. The first-order valence-electron chi connectivity index (χ1n) is 13.8. The summed E-state index contributed by atoms with van der Waals surface area (Å²) in [6.45, 7) is 12.6. The molecule has 7 heteroatoms. The molecule has 0 spiro atoms. The molecule has 4 aromatic rings. The second-order valence-corrected chi connectivity index (χ2v) is 10.1. The maximum atomic E-state index is 13.5. The number of carbonyl (C=O) groups is 2. The molecule has 1 aliphatic rings. The Hall–Kier alpha value is -4.13. The summed E-state index contributed by atoms with van der Waals surface area (Å²) in [5.41, 5.74) is 4.84. The van der Waals surface area contributed by atoms with Crippen molar-refractivity contribution in [1.29, 1.82) is 0 Å². The molecule has 2 aromatic heterocycles. The second kappa shape index (κ2) is 10.6. The quantitative estimate of drug-likeness (QED) is 0.256. The molecule has 7 nitrogen and oxygen atoms in total. The van der Waals surface area contributed by atoms with Crippen LogP contribution in [0.25, 0.3) is 10.9 Å². The van der Waals surface area contributed by atoms with Gasteiger partial charge in [-0.2, -0.15) is 0 Å². The van der Waals surface area contributed by atoms with Crippen molar-refractivity contribution in [2.24, 2.45) is 0 Å². The monoisotopic (exact) mass is 524 g/mol. The fraction of sp³-hybridized carbons (Fsp3) is 0.344. The van der Waals surface area contributed by atoms with Crippen molar-refractivity contribution >= 4 is 34.2 Å². The topological polar surface area (TPSA) is 76.5 Å². The van der Waals surface area contributed by atoms with Gasteiger partial charge in [-0.25, -0.2) is 4.79 Å². The Morgan fingerprint density at radius 1 is 1.05 bits per heavy atom. The largest absolute Gasteiger partial charge is 0.439 e. The van der Waals surface area contributed by atoms with Gasteiger partial charge in [-0.05, 0) is 57.0 Å².